The Bertz CT molecular complexity index is 1530. The number of carboxylic acid groups (broad SMARTS) is 1. The Morgan fingerprint density at radius 1 is 0.895 bits per heavy atom. The second kappa shape index (κ2) is 10.8. The van der Waals surface area contributed by atoms with Gasteiger partial charge in [-0.15, -0.1) is 22.7 Å². The zero-order valence-corrected chi connectivity index (χ0v) is 21.6. The summed E-state index contributed by atoms with van der Waals surface area (Å²) in [5.74, 6) is -1.12. The highest BCUT2D eigenvalue weighted by Gasteiger charge is 2.24. The fourth-order valence-electron chi connectivity index (χ4n) is 3.97. The standard InChI is InChI=1S/C14H12FNO3S.C12H8FNO3S/c1-2-18-14(17)13-16-12-9-7-8(15)3-4-10(9)19-6-5-11(12)20-13;13-6-1-2-8-7(5-6)10-9(3-4-17-8)18-11(14-10)12(15)16/h3-4,7H,2,5-6H2,1H3;1-2,5H,3-4H2,(H,15,16). The van der Waals surface area contributed by atoms with Gasteiger partial charge in [0.1, 0.15) is 23.1 Å². The predicted molar refractivity (Wildman–Crippen MR) is 136 cm³/mol. The number of fused-ring (bicyclic) bond motifs is 6. The Morgan fingerprint density at radius 3 is 1.89 bits per heavy atom. The number of halogens is 2. The van der Waals surface area contributed by atoms with Crippen LogP contribution in [0.15, 0.2) is 36.4 Å². The van der Waals surface area contributed by atoms with E-state index < -0.39 is 17.8 Å². The number of rotatable bonds is 3. The summed E-state index contributed by atoms with van der Waals surface area (Å²) in [6, 6.07) is 8.50. The molecule has 2 aliphatic rings. The van der Waals surface area contributed by atoms with Gasteiger partial charge < -0.3 is 19.3 Å². The Balaban J connectivity index is 0.000000156. The largest absolute Gasteiger partial charge is 0.493 e. The molecule has 1 N–H and O–H groups in total. The van der Waals surface area contributed by atoms with Crippen molar-refractivity contribution in [3.63, 3.8) is 0 Å². The van der Waals surface area contributed by atoms with Crippen LogP contribution in [0.4, 0.5) is 8.78 Å². The number of hydrogen-bond acceptors (Lipinski definition) is 9. The highest BCUT2D eigenvalue weighted by molar-refractivity contribution is 7.14. The summed E-state index contributed by atoms with van der Waals surface area (Å²) >= 11 is 2.39. The maximum Gasteiger partial charge on any atom is 0.367 e. The summed E-state index contributed by atoms with van der Waals surface area (Å²) in [5, 5.41) is 9.27. The van der Waals surface area contributed by atoms with Crippen LogP contribution in [0.2, 0.25) is 0 Å². The first kappa shape index (κ1) is 25.7. The van der Waals surface area contributed by atoms with Gasteiger partial charge in [0.05, 0.1) is 31.2 Å². The molecule has 0 bridgehead atoms. The van der Waals surface area contributed by atoms with Crippen molar-refractivity contribution in [2.24, 2.45) is 0 Å². The van der Waals surface area contributed by atoms with Crippen molar-refractivity contribution in [1.82, 2.24) is 9.97 Å². The third-order valence-electron chi connectivity index (χ3n) is 5.59. The molecule has 38 heavy (non-hydrogen) atoms. The van der Waals surface area contributed by atoms with Crippen LogP contribution in [0.25, 0.3) is 22.5 Å². The lowest BCUT2D eigenvalue weighted by Gasteiger charge is -2.06. The molecule has 0 fully saturated rings. The van der Waals surface area contributed by atoms with Crippen LogP contribution in [0, 0.1) is 11.6 Å². The lowest BCUT2D eigenvalue weighted by molar-refractivity contribution is 0.0525. The molecule has 2 aromatic carbocycles. The average molecular weight is 559 g/mol. The SMILES string of the molecule is CCOC(=O)c1nc2c(s1)CCOc1ccc(F)cc1-2.O=C(O)c1nc2c(s1)CCOc1ccc(F)cc1-2. The van der Waals surface area contributed by atoms with Crippen LogP contribution >= 0.6 is 22.7 Å². The molecule has 0 atom stereocenters. The van der Waals surface area contributed by atoms with Gasteiger partial charge >= 0.3 is 11.9 Å². The molecule has 0 amide bonds. The first-order chi connectivity index (χ1) is 18.3. The Morgan fingerprint density at radius 2 is 1.39 bits per heavy atom. The Hall–Kier alpha value is -3.90. The van der Waals surface area contributed by atoms with E-state index in [1.165, 1.54) is 35.6 Å². The van der Waals surface area contributed by atoms with Gasteiger partial charge in [0.2, 0.25) is 10.0 Å². The number of carbonyl (C=O) groups is 2. The van der Waals surface area contributed by atoms with Crippen LogP contribution in [-0.2, 0) is 17.6 Å². The maximum absolute atomic E-state index is 13.4. The van der Waals surface area contributed by atoms with E-state index in [2.05, 4.69) is 9.97 Å². The van der Waals surface area contributed by atoms with E-state index in [1.54, 1.807) is 19.1 Å². The van der Waals surface area contributed by atoms with Gasteiger partial charge in [0.25, 0.3) is 0 Å². The number of aromatic nitrogens is 2. The normalized spacial score (nSPS) is 13.0. The Kier molecular flexibility index (Phi) is 7.34. The summed E-state index contributed by atoms with van der Waals surface area (Å²) in [5.41, 5.74) is 2.24. The van der Waals surface area contributed by atoms with Gasteiger partial charge in [-0.25, -0.2) is 28.3 Å². The average Bonchev–Trinajstić information content (AvgIpc) is 3.43. The van der Waals surface area contributed by atoms with Crippen LogP contribution in [0.3, 0.4) is 0 Å². The molecule has 2 aromatic heterocycles. The molecule has 0 aliphatic carbocycles. The van der Waals surface area contributed by atoms with E-state index in [0.717, 1.165) is 21.1 Å². The summed E-state index contributed by atoms with van der Waals surface area (Å²) in [6.07, 6.45) is 1.22. The van der Waals surface area contributed by atoms with E-state index in [4.69, 9.17) is 19.3 Å². The fourth-order valence-corrected chi connectivity index (χ4v) is 5.81. The number of carboxylic acids is 1. The molecule has 12 heteroatoms. The molecular weight excluding hydrogens is 538 g/mol. The molecule has 0 saturated heterocycles. The number of thiazole rings is 2. The fraction of sp³-hybridized carbons (Fsp3) is 0.231. The highest BCUT2D eigenvalue weighted by atomic mass is 32.1. The van der Waals surface area contributed by atoms with Crippen molar-refractivity contribution < 1.29 is 37.7 Å². The molecule has 8 nitrogen and oxygen atoms in total. The molecule has 0 radical (unpaired) electrons. The molecule has 6 rings (SSSR count). The number of nitrogens with zero attached hydrogens (tertiary/aromatic N) is 2. The zero-order valence-electron chi connectivity index (χ0n) is 20.0. The number of carbonyl (C=O) groups excluding carboxylic acids is 1. The topological polar surface area (TPSA) is 108 Å². The molecule has 2 aliphatic heterocycles. The van der Waals surface area contributed by atoms with Gasteiger partial charge in [-0.05, 0) is 43.3 Å². The van der Waals surface area contributed by atoms with Crippen LogP contribution in [-0.4, -0.2) is 46.8 Å². The first-order valence-electron chi connectivity index (χ1n) is 11.6. The van der Waals surface area contributed by atoms with Crippen LogP contribution < -0.4 is 9.47 Å². The van der Waals surface area contributed by atoms with Crippen LogP contribution in [0.5, 0.6) is 11.5 Å². The van der Waals surface area contributed by atoms with E-state index in [1.807, 2.05) is 0 Å². The van der Waals surface area contributed by atoms with Crippen molar-refractivity contribution in [2.45, 2.75) is 19.8 Å². The van der Waals surface area contributed by atoms with Gasteiger partial charge in [-0.2, -0.15) is 0 Å². The minimum Gasteiger partial charge on any atom is -0.493 e. The number of ether oxygens (including phenoxy) is 3. The summed E-state index contributed by atoms with van der Waals surface area (Å²) < 4.78 is 42.8. The highest BCUT2D eigenvalue weighted by Crippen LogP contribution is 2.39. The zero-order chi connectivity index (χ0) is 26.8. The van der Waals surface area contributed by atoms with E-state index in [9.17, 15) is 18.4 Å². The third-order valence-corrected chi connectivity index (χ3v) is 7.79. The minimum absolute atomic E-state index is 0.0251. The van der Waals surface area contributed by atoms with Gasteiger partial charge in [0.15, 0.2) is 0 Å². The summed E-state index contributed by atoms with van der Waals surface area (Å²) in [4.78, 5) is 32.8. The third kappa shape index (κ3) is 5.22. The molecule has 4 heterocycles. The van der Waals surface area contributed by atoms with Crippen molar-refractivity contribution in [3.05, 3.63) is 67.8 Å². The van der Waals surface area contributed by atoms with Crippen molar-refractivity contribution in [2.75, 3.05) is 19.8 Å². The van der Waals surface area contributed by atoms with Crippen LogP contribution in [0.1, 0.15) is 36.3 Å². The first-order valence-corrected chi connectivity index (χ1v) is 13.2. The molecule has 196 valence electrons. The lowest BCUT2D eigenvalue weighted by Crippen LogP contribution is -2.04. The molecule has 0 unspecified atom stereocenters. The number of benzene rings is 2. The van der Waals surface area contributed by atoms with Gasteiger partial charge in [0, 0.05) is 33.7 Å². The van der Waals surface area contributed by atoms with Gasteiger partial charge in [-0.3, -0.25) is 0 Å². The number of hydrogen-bond donors (Lipinski definition) is 1. The van der Waals surface area contributed by atoms with Crippen molar-refractivity contribution in [3.8, 4) is 34.0 Å². The minimum atomic E-state index is -1.06. The number of aromatic carboxylic acids is 1. The molecular formula is C26H20F2N2O6S2. The molecule has 0 saturated carbocycles. The van der Waals surface area contributed by atoms with E-state index in [-0.39, 0.29) is 10.8 Å². The maximum atomic E-state index is 13.4. The summed E-state index contributed by atoms with van der Waals surface area (Å²) in [6.45, 7) is 2.97. The van der Waals surface area contributed by atoms with E-state index in [0.29, 0.717) is 71.7 Å². The monoisotopic (exact) mass is 558 g/mol. The second-order valence-corrected chi connectivity index (χ2v) is 10.3. The smallest absolute Gasteiger partial charge is 0.367 e. The summed E-state index contributed by atoms with van der Waals surface area (Å²) in [7, 11) is 0. The van der Waals surface area contributed by atoms with Crippen molar-refractivity contribution >= 4 is 34.6 Å². The van der Waals surface area contributed by atoms with E-state index >= 15 is 0 Å². The number of esters is 1. The molecule has 4 aromatic rings. The quantitative estimate of drug-likeness (QED) is 0.322. The predicted octanol–water partition coefficient (Wildman–Crippen LogP) is 5.64. The van der Waals surface area contributed by atoms with Crippen molar-refractivity contribution in [1.29, 1.82) is 0 Å². The van der Waals surface area contributed by atoms with Gasteiger partial charge in [-0.1, -0.05) is 0 Å². The second-order valence-electron chi connectivity index (χ2n) is 8.09. The molecule has 0 spiro atoms. The Labute approximate surface area is 223 Å². The lowest BCUT2D eigenvalue weighted by atomic mass is 10.1.